The van der Waals surface area contributed by atoms with Crippen LogP contribution in [0.15, 0.2) is 52.5 Å². The molecule has 0 aliphatic heterocycles. The molecule has 0 fully saturated rings. The van der Waals surface area contributed by atoms with Crippen molar-refractivity contribution in [1.82, 2.24) is 0 Å². The molecule has 0 radical (unpaired) electrons. The van der Waals surface area contributed by atoms with Gasteiger partial charge in [0.05, 0.1) is 10.6 Å². The second-order valence-electron chi connectivity index (χ2n) is 4.26. The van der Waals surface area contributed by atoms with E-state index in [1.54, 1.807) is 6.07 Å². The van der Waals surface area contributed by atoms with Gasteiger partial charge in [-0.05, 0) is 42.5 Å². The molecule has 23 heavy (non-hydrogen) atoms. The van der Waals surface area contributed by atoms with Crippen molar-refractivity contribution in [2.75, 3.05) is 5.43 Å². The number of benzene rings is 2. The standard InChI is InChI=1S/C14H8Cl3N3O2S/c15-9-1-3-13(4-2-9)23(21,22)14(8-18)20-19-12-6-10(16)5-11(17)7-12/h1-7,19H. The molecule has 0 unspecified atom stereocenters. The number of nitriles is 1. The van der Waals surface area contributed by atoms with Gasteiger partial charge in [0, 0.05) is 15.1 Å². The van der Waals surface area contributed by atoms with E-state index in [2.05, 4.69) is 10.5 Å². The third-order valence-corrected chi connectivity index (χ3v) is 4.90. The molecule has 0 spiro atoms. The lowest BCUT2D eigenvalue weighted by molar-refractivity contribution is 0.607. The van der Waals surface area contributed by atoms with Crippen LogP contribution in [-0.2, 0) is 9.84 Å². The monoisotopic (exact) mass is 387 g/mol. The van der Waals surface area contributed by atoms with Crippen molar-refractivity contribution >= 4 is 55.4 Å². The Kier molecular flexibility index (Phi) is 5.50. The minimum absolute atomic E-state index is 0.0897. The third-order valence-electron chi connectivity index (χ3n) is 2.62. The molecule has 2 aromatic rings. The number of anilines is 1. The quantitative estimate of drug-likeness (QED) is 0.481. The lowest BCUT2D eigenvalue weighted by atomic mass is 10.3. The molecule has 1 N–H and O–H groups in total. The summed E-state index contributed by atoms with van der Waals surface area (Å²) in [5.74, 6) is 0. The highest BCUT2D eigenvalue weighted by atomic mass is 35.5. The van der Waals surface area contributed by atoms with Crippen molar-refractivity contribution < 1.29 is 8.42 Å². The van der Waals surface area contributed by atoms with Gasteiger partial charge in [-0.1, -0.05) is 34.8 Å². The highest BCUT2D eigenvalue weighted by Gasteiger charge is 2.22. The second-order valence-corrected chi connectivity index (χ2v) is 7.43. The lowest BCUT2D eigenvalue weighted by Gasteiger charge is -2.05. The Morgan fingerprint density at radius 3 is 2.09 bits per heavy atom. The molecule has 118 valence electrons. The molecule has 0 saturated heterocycles. The molecule has 5 nitrogen and oxygen atoms in total. The van der Waals surface area contributed by atoms with Crippen LogP contribution in [0.25, 0.3) is 0 Å². The van der Waals surface area contributed by atoms with Crippen molar-refractivity contribution in [2.24, 2.45) is 5.10 Å². The summed E-state index contributed by atoms with van der Waals surface area (Å²) in [7, 11) is -4.06. The summed E-state index contributed by atoms with van der Waals surface area (Å²) in [5, 5.41) is 13.1. The van der Waals surface area contributed by atoms with Crippen molar-refractivity contribution in [3.05, 3.63) is 57.5 Å². The van der Waals surface area contributed by atoms with Crippen LogP contribution < -0.4 is 5.43 Å². The average molecular weight is 389 g/mol. The minimum atomic E-state index is -4.06. The SMILES string of the molecule is N#CC(=NNc1cc(Cl)cc(Cl)c1)S(=O)(=O)c1ccc(Cl)cc1. The van der Waals surface area contributed by atoms with E-state index in [1.807, 2.05) is 0 Å². The summed E-state index contributed by atoms with van der Waals surface area (Å²) >= 11 is 17.4. The normalized spacial score (nSPS) is 11.8. The number of halogens is 3. The van der Waals surface area contributed by atoms with Crippen LogP contribution >= 0.6 is 34.8 Å². The number of hydrogen-bond acceptors (Lipinski definition) is 5. The van der Waals surface area contributed by atoms with E-state index < -0.39 is 14.9 Å². The Morgan fingerprint density at radius 1 is 1.00 bits per heavy atom. The minimum Gasteiger partial charge on any atom is -0.276 e. The molecule has 9 heteroatoms. The zero-order chi connectivity index (χ0) is 17.0. The molecule has 0 aliphatic carbocycles. The highest BCUT2D eigenvalue weighted by molar-refractivity contribution is 8.07. The summed E-state index contributed by atoms with van der Waals surface area (Å²) in [6.45, 7) is 0. The predicted molar refractivity (Wildman–Crippen MR) is 91.8 cm³/mol. The number of nitrogens with one attached hydrogen (secondary N) is 1. The molecule has 0 aliphatic rings. The van der Waals surface area contributed by atoms with E-state index in [9.17, 15) is 8.42 Å². The molecule has 2 aromatic carbocycles. The van der Waals surface area contributed by atoms with Gasteiger partial charge in [0.2, 0.25) is 9.84 Å². The van der Waals surface area contributed by atoms with Crippen LogP contribution in [-0.4, -0.2) is 13.5 Å². The molecule has 0 heterocycles. The van der Waals surface area contributed by atoms with Crippen molar-refractivity contribution in [3.63, 3.8) is 0 Å². The first-order chi connectivity index (χ1) is 10.8. The Labute approximate surface area is 148 Å². The maximum absolute atomic E-state index is 12.3. The fraction of sp³-hybridized carbons (Fsp3) is 0. The lowest BCUT2D eigenvalue weighted by Crippen LogP contribution is -2.15. The number of nitrogens with zero attached hydrogens (tertiary/aromatic N) is 2. The fourth-order valence-electron chi connectivity index (χ4n) is 1.60. The number of hydrogen-bond donors (Lipinski definition) is 1. The first-order valence-electron chi connectivity index (χ1n) is 6.03. The molecular weight excluding hydrogens is 381 g/mol. The Hall–Kier alpha value is -1.78. The van der Waals surface area contributed by atoms with Crippen LogP contribution in [0.1, 0.15) is 0 Å². The van der Waals surface area contributed by atoms with Crippen LogP contribution in [0.3, 0.4) is 0 Å². The molecule has 0 aromatic heterocycles. The average Bonchev–Trinajstić information content (AvgIpc) is 2.47. The molecule has 0 atom stereocenters. The van der Waals surface area contributed by atoms with Gasteiger partial charge < -0.3 is 0 Å². The Morgan fingerprint density at radius 2 is 1.57 bits per heavy atom. The predicted octanol–water partition coefficient (Wildman–Crippen LogP) is 4.37. The van der Waals surface area contributed by atoms with Crippen molar-refractivity contribution in [2.45, 2.75) is 4.90 Å². The Bertz CT molecular complexity index is 884. The fourth-order valence-corrected chi connectivity index (χ4v) is 3.26. The van der Waals surface area contributed by atoms with Crippen LogP contribution in [0.2, 0.25) is 15.1 Å². The zero-order valence-corrected chi connectivity index (χ0v) is 14.4. The molecule has 2 rings (SSSR count). The summed E-state index contributed by atoms with van der Waals surface area (Å²) in [6.07, 6.45) is 0. The van der Waals surface area contributed by atoms with Crippen LogP contribution in [0.5, 0.6) is 0 Å². The summed E-state index contributed by atoms with van der Waals surface area (Å²) in [4.78, 5) is -0.0897. The van der Waals surface area contributed by atoms with Gasteiger partial charge in [-0.3, -0.25) is 5.43 Å². The first-order valence-corrected chi connectivity index (χ1v) is 8.65. The summed E-state index contributed by atoms with van der Waals surface area (Å²) in [5.41, 5.74) is 2.80. The molecule has 0 bridgehead atoms. The van der Waals surface area contributed by atoms with Gasteiger partial charge >= 0.3 is 0 Å². The van der Waals surface area contributed by atoms with Gasteiger partial charge in [0.25, 0.3) is 5.04 Å². The maximum atomic E-state index is 12.3. The number of hydrazone groups is 1. The van der Waals surface area contributed by atoms with Crippen molar-refractivity contribution in [3.8, 4) is 6.07 Å². The topological polar surface area (TPSA) is 82.3 Å². The van der Waals surface area contributed by atoms with Gasteiger partial charge in [-0.2, -0.15) is 10.4 Å². The van der Waals surface area contributed by atoms with Gasteiger partial charge in [-0.15, -0.1) is 0 Å². The first kappa shape index (κ1) is 17.6. The van der Waals surface area contributed by atoms with Crippen molar-refractivity contribution in [1.29, 1.82) is 5.26 Å². The van der Waals surface area contributed by atoms with Gasteiger partial charge in [0.1, 0.15) is 6.07 Å². The van der Waals surface area contributed by atoms with Crippen LogP contribution in [0, 0.1) is 11.3 Å². The second kappa shape index (κ2) is 7.20. The van der Waals surface area contributed by atoms with E-state index in [4.69, 9.17) is 40.1 Å². The third kappa shape index (κ3) is 4.36. The van der Waals surface area contributed by atoms with E-state index in [0.717, 1.165) is 0 Å². The highest BCUT2D eigenvalue weighted by Crippen LogP contribution is 2.23. The van der Waals surface area contributed by atoms with E-state index >= 15 is 0 Å². The van der Waals surface area contributed by atoms with Gasteiger partial charge in [-0.25, -0.2) is 8.42 Å². The smallest absolute Gasteiger partial charge is 0.256 e. The van der Waals surface area contributed by atoms with Gasteiger partial charge in [0.15, 0.2) is 0 Å². The van der Waals surface area contributed by atoms with E-state index in [1.165, 1.54) is 42.5 Å². The molecule has 0 saturated carbocycles. The summed E-state index contributed by atoms with van der Waals surface area (Å²) < 4.78 is 24.7. The molecular formula is C14H8Cl3N3O2S. The number of rotatable bonds is 3. The maximum Gasteiger partial charge on any atom is 0.256 e. The zero-order valence-electron chi connectivity index (χ0n) is 11.3. The van der Waals surface area contributed by atoms with E-state index in [-0.39, 0.29) is 4.90 Å². The summed E-state index contributed by atoms with van der Waals surface area (Å²) in [6, 6.07) is 11.4. The van der Waals surface area contributed by atoms with E-state index in [0.29, 0.717) is 20.8 Å². The molecule has 0 amide bonds. The van der Waals surface area contributed by atoms with Crippen LogP contribution in [0.4, 0.5) is 5.69 Å². The Balaban J connectivity index is 2.35. The number of sulfone groups is 1. The largest absolute Gasteiger partial charge is 0.276 e.